The Kier molecular flexibility index (Phi) is 19.0. The van der Waals surface area contributed by atoms with Crippen molar-refractivity contribution in [1.82, 2.24) is 0 Å². The first kappa shape index (κ1) is 41.7. The van der Waals surface area contributed by atoms with Crippen LogP contribution in [0.25, 0.3) is 0 Å². The Morgan fingerprint density at radius 3 is 1.54 bits per heavy atom. The number of methoxy groups -OCH3 is 1. The smallest absolute Gasteiger partial charge is 0.338 e. The van der Waals surface area contributed by atoms with Crippen molar-refractivity contribution in [3.05, 3.63) is 85.0 Å². The fraction of sp³-hybridized carbons (Fsp3) is 0.500. The van der Waals surface area contributed by atoms with Crippen molar-refractivity contribution < 1.29 is 57.1 Å². The van der Waals surface area contributed by atoms with Gasteiger partial charge in [-0.05, 0) is 99.9 Å². The van der Waals surface area contributed by atoms with Crippen molar-refractivity contribution in [3.63, 3.8) is 0 Å². The normalized spacial score (nSPS) is 18.5. The van der Waals surface area contributed by atoms with Crippen LogP contribution in [0.15, 0.2) is 73.8 Å². The molecule has 0 bridgehead atoms. The number of benzene rings is 2. The molecule has 2 saturated heterocycles. The lowest BCUT2D eigenvalue weighted by Gasteiger charge is -2.17. The van der Waals surface area contributed by atoms with Crippen LogP contribution >= 0.6 is 0 Å². The maximum Gasteiger partial charge on any atom is 0.338 e. The molecule has 0 amide bonds. The maximum atomic E-state index is 12.4. The first-order valence-electron chi connectivity index (χ1n) is 17.8. The van der Waals surface area contributed by atoms with Gasteiger partial charge in [-0.25, -0.2) is 19.2 Å². The van der Waals surface area contributed by atoms with Gasteiger partial charge in [0, 0.05) is 18.1 Å². The number of carbonyl (C=O) groups excluding carboxylic acids is 4. The lowest BCUT2D eigenvalue weighted by atomic mass is 10.0. The van der Waals surface area contributed by atoms with E-state index in [4.69, 9.17) is 33.2 Å². The molecule has 2 aromatic rings. The zero-order valence-electron chi connectivity index (χ0n) is 30.3. The Hall–Kier alpha value is -4.68. The molecule has 12 heteroatoms. The summed E-state index contributed by atoms with van der Waals surface area (Å²) in [4.78, 5) is 45.4. The standard InChI is InChI=1S/C23H30O7.C17H22O5/c1-3-20(24)27-13-7-5-4-6-12-26-18-10-8-17(9-11-18)23(25)30-19-15-29-21-16(2)14-28-22(19)21;1-3-16(18)22-13-7-5-4-6-12-21-15-10-8-14(9-11-15)17(19)20-2/h3,8-11,16,19,21-22H,1,4-7,12-15H2,2H3;3,8-11H,1,4-7,12-13H2,2H3. The van der Waals surface area contributed by atoms with E-state index in [1.54, 1.807) is 48.5 Å². The van der Waals surface area contributed by atoms with Gasteiger partial charge in [0.1, 0.15) is 17.6 Å². The Morgan fingerprint density at radius 2 is 1.08 bits per heavy atom. The molecule has 0 aliphatic carbocycles. The number of hydrogen-bond acceptors (Lipinski definition) is 12. The zero-order chi connectivity index (χ0) is 37.6. The number of carbonyl (C=O) groups is 4. The van der Waals surface area contributed by atoms with Crippen molar-refractivity contribution >= 4 is 23.9 Å². The van der Waals surface area contributed by atoms with Gasteiger partial charge in [-0.1, -0.05) is 20.1 Å². The molecule has 12 nitrogen and oxygen atoms in total. The minimum atomic E-state index is -0.382. The van der Waals surface area contributed by atoms with Gasteiger partial charge in [0.05, 0.1) is 64.0 Å². The van der Waals surface area contributed by atoms with Crippen LogP contribution in [0.2, 0.25) is 0 Å². The average molecular weight is 725 g/mol. The topological polar surface area (TPSA) is 142 Å². The highest BCUT2D eigenvalue weighted by molar-refractivity contribution is 5.90. The van der Waals surface area contributed by atoms with Crippen molar-refractivity contribution in [2.45, 2.75) is 76.6 Å². The summed E-state index contributed by atoms with van der Waals surface area (Å²) < 4.78 is 42.8. The van der Waals surface area contributed by atoms with Gasteiger partial charge in [0.25, 0.3) is 0 Å². The lowest BCUT2D eigenvalue weighted by molar-refractivity contribution is -0.138. The van der Waals surface area contributed by atoms with Gasteiger partial charge >= 0.3 is 23.9 Å². The summed E-state index contributed by atoms with van der Waals surface area (Å²) in [6.07, 6.45) is 9.26. The van der Waals surface area contributed by atoms with E-state index in [0.29, 0.717) is 62.4 Å². The molecule has 0 spiro atoms. The van der Waals surface area contributed by atoms with Crippen LogP contribution < -0.4 is 9.47 Å². The zero-order valence-corrected chi connectivity index (χ0v) is 30.3. The molecule has 0 radical (unpaired) electrons. The monoisotopic (exact) mass is 724 g/mol. The molecule has 0 N–H and O–H groups in total. The van der Waals surface area contributed by atoms with Gasteiger partial charge < -0.3 is 37.9 Å². The average Bonchev–Trinajstić information content (AvgIpc) is 3.75. The fourth-order valence-electron chi connectivity index (χ4n) is 5.41. The number of unbranched alkanes of at least 4 members (excludes halogenated alkanes) is 6. The first-order chi connectivity index (χ1) is 25.2. The predicted octanol–water partition coefficient (Wildman–Crippen LogP) is 6.46. The maximum absolute atomic E-state index is 12.4. The van der Waals surface area contributed by atoms with Gasteiger partial charge in [0.15, 0.2) is 6.10 Å². The van der Waals surface area contributed by atoms with Crippen molar-refractivity contribution in [3.8, 4) is 11.5 Å². The lowest BCUT2D eigenvalue weighted by Crippen LogP contribution is -2.32. The fourth-order valence-corrected chi connectivity index (χ4v) is 5.41. The molecular formula is C40H52O12. The summed E-state index contributed by atoms with van der Waals surface area (Å²) in [5.74, 6) is 0.271. The quantitative estimate of drug-likeness (QED) is 0.0604. The number of rotatable bonds is 21. The molecule has 52 heavy (non-hydrogen) atoms. The number of fused-ring (bicyclic) bond motifs is 1. The highest BCUT2D eigenvalue weighted by atomic mass is 16.6. The molecule has 0 saturated carbocycles. The molecule has 4 unspecified atom stereocenters. The highest BCUT2D eigenvalue weighted by Gasteiger charge is 2.47. The van der Waals surface area contributed by atoms with Gasteiger partial charge in [-0.3, -0.25) is 0 Å². The molecule has 284 valence electrons. The largest absolute Gasteiger partial charge is 0.494 e. The van der Waals surface area contributed by atoms with Crippen LogP contribution in [-0.4, -0.2) is 88.9 Å². The van der Waals surface area contributed by atoms with E-state index < -0.39 is 0 Å². The Labute approximate surface area is 306 Å². The van der Waals surface area contributed by atoms with Crippen molar-refractivity contribution in [2.75, 3.05) is 46.8 Å². The van der Waals surface area contributed by atoms with Crippen LogP contribution in [0, 0.1) is 5.92 Å². The minimum absolute atomic E-state index is 0.0146. The Balaban J connectivity index is 0.000000295. The second kappa shape index (κ2) is 23.7. The van der Waals surface area contributed by atoms with Gasteiger partial charge in [-0.15, -0.1) is 0 Å². The molecule has 2 aliphatic heterocycles. The van der Waals surface area contributed by atoms with E-state index >= 15 is 0 Å². The van der Waals surface area contributed by atoms with Crippen molar-refractivity contribution in [2.24, 2.45) is 5.92 Å². The summed E-state index contributed by atoms with van der Waals surface area (Å²) in [6.45, 7) is 11.8. The summed E-state index contributed by atoms with van der Waals surface area (Å²) in [6, 6.07) is 13.8. The van der Waals surface area contributed by atoms with Crippen LogP contribution in [-0.2, 0) is 38.0 Å². The van der Waals surface area contributed by atoms with E-state index in [2.05, 4.69) is 24.8 Å². The van der Waals surface area contributed by atoms with E-state index in [9.17, 15) is 19.2 Å². The van der Waals surface area contributed by atoms with Crippen LogP contribution in [0.3, 0.4) is 0 Å². The van der Waals surface area contributed by atoms with E-state index in [1.807, 2.05) is 0 Å². The number of ether oxygens (including phenoxy) is 8. The summed E-state index contributed by atoms with van der Waals surface area (Å²) in [7, 11) is 1.35. The summed E-state index contributed by atoms with van der Waals surface area (Å²) >= 11 is 0. The minimum Gasteiger partial charge on any atom is -0.494 e. The van der Waals surface area contributed by atoms with Crippen LogP contribution in [0.4, 0.5) is 0 Å². The third-order valence-corrected chi connectivity index (χ3v) is 8.32. The predicted molar refractivity (Wildman–Crippen MR) is 192 cm³/mol. The van der Waals surface area contributed by atoms with Crippen LogP contribution in [0.5, 0.6) is 11.5 Å². The van der Waals surface area contributed by atoms with Gasteiger partial charge in [0.2, 0.25) is 0 Å². The van der Waals surface area contributed by atoms with Gasteiger partial charge in [-0.2, -0.15) is 0 Å². The molecule has 4 rings (SSSR count). The molecule has 2 aliphatic rings. The Morgan fingerprint density at radius 1 is 0.635 bits per heavy atom. The summed E-state index contributed by atoms with van der Waals surface area (Å²) in [5, 5.41) is 0. The molecular weight excluding hydrogens is 672 g/mol. The summed E-state index contributed by atoms with van der Waals surface area (Å²) in [5.41, 5.74) is 0.981. The third-order valence-electron chi connectivity index (χ3n) is 8.32. The Bertz CT molecular complexity index is 1400. The van der Waals surface area contributed by atoms with E-state index in [1.165, 1.54) is 19.3 Å². The van der Waals surface area contributed by atoms with Crippen molar-refractivity contribution in [1.29, 1.82) is 0 Å². The van der Waals surface area contributed by atoms with Crippen LogP contribution in [0.1, 0.15) is 79.0 Å². The molecule has 2 fully saturated rings. The third kappa shape index (κ3) is 14.9. The molecule has 0 aromatic heterocycles. The number of esters is 4. The van der Waals surface area contributed by atoms with E-state index in [0.717, 1.165) is 57.1 Å². The molecule has 4 atom stereocenters. The second-order valence-corrected chi connectivity index (χ2v) is 12.3. The second-order valence-electron chi connectivity index (χ2n) is 12.3. The molecule has 2 heterocycles. The highest BCUT2D eigenvalue weighted by Crippen LogP contribution is 2.32. The van der Waals surface area contributed by atoms with E-state index in [-0.39, 0.29) is 42.2 Å². The SMILES string of the molecule is C=CC(=O)OCCCCCCOc1ccc(C(=O)OC)cc1.C=CC(=O)OCCCCCCOc1ccc(C(=O)OC2COC3C(C)COC23)cc1. The number of hydrogen-bond donors (Lipinski definition) is 0. The first-order valence-corrected chi connectivity index (χ1v) is 17.8. The molecule has 2 aromatic carbocycles.